The number of hydrogen-bond donors (Lipinski definition) is 0. The standard InChI is InChI=1S/C22H30N2O2/c1-18(25)23(14-11-19-7-3-2-4-8-19)16-13-22(26)24-15-12-20-9-5-6-10-21(20)17-24/h5-7,9-10H,2-4,8,11-17H2,1H3. The molecule has 1 heterocycles. The first-order valence-corrected chi connectivity index (χ1v) is 9.91. The third-order valence-corrected chi connectivity index (χ3v) is 5.61. The molecular formula is C22H30N2O2. The minimum Gasteiger partial charge on any atom is -0.342 e. The number of fused-ring (bicyclic) bond motifs is 1. The van der Waals surface area contributed by atoms with Crippen molar-refractivity contribution in [2.24, 2.45) is 0 Å². The minimum atomic E-state index is 0.0678. The van der Waals surface area contributed by atoms with Crippen LogP contribution < -0.4 is 0 Å². The van der Waals surface area contributed by atoms with Crippen LogP contribution in [0, 0.1) is 0 Å². The fourth-order valence-corrected chi connectivity index (χ4v) is 3.93. The van der Waals surface area contributed by atoms with Gasteiger partial charge in [-0.2, -0.15) is 0 Å². The van der Waals surface area contributed by atoms with E-state index in [1.807, 2.05) is 15.9 Å². The summed E-state index contributed by atoms with van der Waals surface area (Å²) in [5.41, 5.74) is 4.07. The van der Waals surface area contributed by atoms with Crippen LogP contribution in [-0.4, -0.2) is 41.2 Å². The average molecular weight is 354 g/mol. The molecule has 2 aliphatic rings. The molecule has 0 aromatic heterocycles. The van der Waals surface area contributed by atoms with Gasteiger partial charge in [0.1, 0.15) is 0 Å². The van der Waals surface area contributed by atoms with E-state index in [9.17, 15) is 9.59 Å². The SMILES string of the molecule is CC(=O)N(CCC(=O)N1CCc2ccccc2C1)CCC1=CCCCC1. The van der Waals surface area contributed by atoms with Crippen molar-refractivity contribution >= 4 is 11.8 Å². The zero-order valence-corrected chi connectivity index (χ0v) is 15.9. The van der Waals surface area contributed by atoms with Crippen LogP contribution in [0.2, 0.25) is 0 Å². The Balaban J connectivity index is 1.48. The summed E-state index contributed by atoms with van der Waals surface area (Å²) in [6, 6.07) is 8.34. The number of rotatable bonds is 6. The monoisotopic (exact) mass is 354 g/mol. The van der Waals surface area contributed by atoms with E-state index >= 15 is 0 Å². The lowest BCUT2D eigenvalue weighted by molar-refractivity contribution is -0.134. The Labute approximate surface area is 156 Å². The molecule has 3 rings (SSSR count). The van der Waals surface area contributed by atoms with E-state index in [0.29, 0.717) is 19.5 Å². The summed E-state index contributed by atoms with van der Waals surface area (Å²) in [6.07, 6.45) is 9.51. The second kappa shape index (κ2) is 9.02. The van der Waals surface area contributed by atoms with Gasteiger partial charge in [-0.05, 0) is 49.7 Å². The van der Waals surface area contributed by atoms with Crippen molar-refractivity contribution in [1.29, 1.82) is 0 Å². The van der Waals surface area contributed by atoms with Crippen molar-refractivity contribution in [2.75, 3.05) is 19.6 Å². The largest absolute Gasteiger partial charge is 0.342 e. The number of allylic oxidation sites excluding steroid dienone is 1. The van der Waals surface area contributed by atoms with Crippen molar-refractivity contribution in [3.63, 3.8) is 0 Å². The van der Waals surface area contributed by atoms with Crippen molar-refractivity contribution in [1.82, 2.24) is 9.80 Å². The summed E-state index contributed by atoms with van der Waals surface area (Å²) in [5, 5.41) is 0. The Morgan fingerprint density at radius 1 is 1.08 bits per heavy atom. The second-order valence-corrected chi connectivity index (χ2v) is 7.45. The van der Waals surface area contributed by atoms with Crippen molar-refractivity contribution in [3.05, 3.63) is 47.0 Å². The van der Waals surface area contributed by atoms with E-state index in [4.69, 9.17) is 0 Å². The van der Waals surface area contributed by atoms with Gasteiger partial charge in [0.2, 0.25) is 11.8 Å². The molecule has 0 saturated heterocycles. The molecule has 2 amide bonds. The van der Waals surface area contributed by atoms with Gasteiger partial charge < -0.3 is 9.80 Å². The molecule has 0 bridgehead atoms. The highest BCUT2D eigenvalue weighted by Gasteiger charge is 2.21. The predicted octanol–water partition coefficient (Wildman–Crippen LogP) is 3.70. The fraction of sp³-hybridized carbons (Fsp3) is 0.545. The van der Waals surface area contributed by atoms with E-state index in [1.54, 1.807) is 6.92 Å². The quantitative estimate of drug-likeness (QED) is 0.731. The lowest BCUT2D eigenvalue weighted by Crippen LogP contribution is -2.39. The zero-order chi connectivity index (χ0) is 18.4. The summed E-state index contributed by atoms with van der Waals surface area (Å²) < 4.78 is 0. The lowest BCUT2D eigenvalue weighted by atomic mass is 9.97. The number of hydrogen-bond acceptors (Lipinski definition) is 2. The van der Waals surface area contributed by atoms with Crippen LogP contribution >= 0.6 is 0 Å². The zero-order valence-electron chi connectivity index (χ0n) is 15.9. The Kier molecular flexibility index (Phi) is 6.48. The maximum absolute atomic E-state index is 12.6. The van der Waals surface area contributed by atoms with Gasteiger partial charge in [0.25, 0.3) is 0 Å². The fourth-order valence-electron chi connectivity index (χ4n) is 3.93. The molecule has 140 valence electrons. The van der Waals surface area contributed by atoms with Crippen LogP contribution in [0.5, 0.6) is 0 Å². The summed E-state index contributed by atoms with van der Waals surface area (Å²) in [4.78, 5) is 28.3. The number of benzene rings is 1. The first kappa shape index (κ1) is 18.7. The van der Waals surface area contributed by atoms with Gasteiger partial charge in [0.15, 0.2) is 0 Å². The van der Waals surface area contributed by atoms with Gasteiger partial charge >= 0.3 is 0 Å². The maximum atomic E-state index is 12.6. The molecular weight excluding hydrogens is 324 g/mol. The third-order valence-electron chi connectivity index (χ3n) is 5.61. The lowest BCUT2D eigenvalue weighted by Gasteiger charge is -2.30. The van der Waals surface area contributed by atoms with Crippen molar-refractivity contribution < 1.29 is 9.59 Å². The predicted molar refractivity (Wildman–Crippen MR) is 104 cm³/mol. The summed E-state index contributed by atoms with van der Waals surface area (Å²) >= 11 is 0. The normalized spacial score (nSPS) is 16.7. The Bertz CT molecular complexity index is 680. The van der Waals surface area contributed by atoms with E-state index in [2.05, 4.69) is 24.3 Å². The second-order valence-electron chi connectivity index (χ2n) is 7.45. The van der Waals surface area contributed by atoms with Crippen LogP contribution in [-0.2, 0) is 22.6 Å². The van der Waals surface area contributed by atoms with E-state index in [1.165, 1.54) is 36.0 Å². The topological polar surface area (TPSA) is 40.6 Å². The molecule has 1 aliphatic carbocycles. The van der Waals surface area contributed by atoms with Gasteiger partial charge in [-0.3, -0.25) is 9.59 Å². The van der Waals surface area contributed by atoms with Gasteiger partial charge in [0.05, 0.1) is 0 Å². The molecule has 0 saturated carbocycles. The summed E-state index contributed by atoms with van der Waals surface area (Å²) in [6.45, 7) is 4.35. The molecule has 0 atom stereocenters. The number of amides is 2. The maximum Gasteiger partial charge on any atom is 0.224 e. The molecule has 1 aromatic rings. The summed E-state index contributed by atoms with van der Waals surface area (Å²) in [7, 11) is 0. The van der Waals surface area contributed by atoms with Gasteiger partial charge in [-0.1, -0.05) is 35.9 Å². The van der Waals surface area contributed by atoms with Crippen molar-refractivity contribution in [2.45, 2.75) is 58.4 Å². The molecule has 1 aromatic carbocycles. The highest BCUT2D eigenvalue weighted by atomic mass is 16.2. The van der Waals surface area contributed by atoms with E-state index < -0.39 is 0 Å². The third kappa shape index (κ3) is 4.96. The van der Waals surface area contributed by atoms with Crippen LogP contribution in [0.4, 0.5) is 0 Å². The molecule has 0 spiro atoms. The number of nitrogens with zero attached hydrogens (tertiary/aromatic N) is 2. The first-order chi connectivity index (χ1) is 12.6. The Morgan fingerprint density at radius 2 is 1.88 bits per heavy atom. The molecule has 0 fully saturated rings. The number of carbonyl (C=O) groups excluding carboxylic acids is 2. The van der Waals surface area contributed by atoms with Crippen LogP contribution in [0.25, 0.3) is 0 Å². The van der Waals surface area contributed by atoms with Crippen LogP contribution in [0.1, 0.15) is 56.6 Å². The molecule has 4 heteroatoms. The first-order valence-electron chi connectivity index (χ1n) is 9.91. The van der Waals surface area contributed by atoms with Crippen LogP contribution in [0.15, 0.2) is 35.9 Å². The van der Waals surface area contributed by atoms with Gasteiger partial charge in [-0.25, -0.2) is 0 Å². The molecule has 26 heavy (non-hydrogen) atoms. The Morgan fingerprint density at radius 3 is 2.62 bits per heavy atom. The minimum absolute atomic E-state index is 0.0678. The van der Waals surface area contributed by atoms with Gasteiger partial charge in [-0.15, -0.1) is 0 Å². The molecule has 0 radical (unpaired) electrons. The highest BCUT2D eigenvalue weighted by molar-refractivity contribution is 5.78. The average Bonchev–Trinajstić information content (AvgIpc) is 2.68. The molecule has 0 N–H and O–H groups in total. The van der Waals surface area contributed by atoms with Crippen LogP contribution in [0.3, 0.4) is 0 Å². The van der Waals surface area contributed by atoms with E-state index in [-0.39, 0.29) is 11.8 Å². The Hall–Kier alpha value is -2.10. The smallest absolute Gasteiger partial charge is 0.224 e. The summed E-state index contributed by atoms with van der Waals surface area (Å²) in [5.74, 6) is 0.223. The van der Waals surface area contributed by atoms with Gasteiger partial charge in [0, 0.05) is 39.5 Å². The van der Waals surface area contributed by atoms with E-state index in [0.717, 1.165) is 32.4 Å². The molecule has 4 nitrogen and oxygen atoms in total. The molecule has 1 aliphatic heterocycles. The number of carbonyl (C=O) groups is 2. The molecule has 0 unspecified atom stereocenters. The van der Waals surface area contributed by atoms with Crippen molar-refractivity contribution in [3.8, 4) is 0 Å². The highest BCUT2D eigenvalue weighted by Crippen LogP contribution is 2.21.